The zero-order valence-electron chi connectivity index (χ0n) is 17.4. The summed E-state index contributed by atoms with van der Waals surface area (Å²) in [5.74, 6) is 0.824. The van der Waals surface area contributed by atoms with Crippen LogP contribution in [-0.4, -0.2) is 54.5 Å². The quantitative estimate of drug-likeness (QED) is 0.730. The molecule has 2 aromatic carbocycles. The third kappa shape index (κ3) is 5.73. The highest BCUT2D eigenvalue weighted by molar-refractivity contribution is 6.32. The summed E-state index contributed by atoms with van der Waals surface area (Å²) in [5, 5.41) is 12.2. The second-order valence-electron chi connectivity index (χ2n) is 7.36. The Labute approximate surface area is 183 Å². The largest absolute Gasteiger partial charge is 0.494 e. The number of nitrogens with zero attached hydrogens (tertiary/aromatic N) is 3. The Kier molecular flexibility index (Phi) is 7.69. The van der Waals surface area contributed by atoms with E-state index in [1.165, 1.54) is 5.56 Å². The molecule has 1 aliphatic rings. The van der Waals surface area contributed by atoms with Gasteiger partial charge in [0, 0.05) is 38.4 Å². The van der Waals surface area contributed by atoms with Gasteiger partial charge >= 0.3 is 0 Å². The molecule has 0 aliphatic carbocycles. The van der Waals surface area contributed by atoms with Crippen molar-refractivity contribution in [2.24, 2.45) is 0 Å². The molecular formula is C23H27ClN4O2. The molecule has 2 aromatic rings. The van der Waals surface area contributed by atoms with Gasteiger partial charge in [-0.2, -0.15) is 5.26 Å². The summed E-state index contributed by atoms with van der Waals surface area (Å²) in [6.45, 7) is 8.95. The lowest BCUT2D eigenvalue weighted by Crippen LogP contribution is -2.52. The fraction of sp³-hybridized carbons (Fsp3) is 0.391. The fourth-order valence-electron chi connectivity index (χ4n) is 3.52. The van der Waals surface area contributed by atoms with Crippen LogP contribution in [0.1, 0.15) is 25.0 Å². The van der Waals surface area contributed by atoms with E-state index in [9.17, 15) is 4.79 Å². The average molecular weight is 427 g/mol. The average Bonchev–Trinajstić information content (AvgIpc) is 2.75. The van der Waals surface area contributed by atoms with Gasteiger partial charge in [0.1, 0.15) is 11.8 Å². The Hall–Kier alpha value is -2.59. The molecule has 1 N–H and O–H groups in total. The summed E-state index contributed by atoms with van der Waals surface area (Å²) in [6.07, 6.45) is 0. The number of carbonyl (C=O) groups excluding carboxylic acids is 1. The molecule has 1 amide bonds. The number of halogens is 1. The molecule has 1 fully saturated rings. The van der Waals surface area contributed by atoms with Crippen molar-refractivity contribution >= 4 is 23.2 Å². The summed E-state index contributed by atoms with van der Waals surface area (Å²) in [7, 11) is 0. The van der Waals surface area contributed by atoms with Crippen LogP contribution in [0.4, 0.5) is 5.69 Å². The van der Waals surface area contributed by atoms with Crippen LogP contribution in [0.3, 0.4) is 0 Å². The van der Waals surface area contributed by atoms with Gasteiger partial charge < -0.3 is 10.1 Å². The number of carbonyl (C=O) groups is 1. The number of anilines is 1. The number of hydrogen-bond acceptors (Lipinski definition) is 5. The van der Waals surface area contributed by atoms with Crippen molar-refractivity contribution in [1.82, 2.24) is 9.80 Å². The topological polar surface area (TPSA) is 68.6 Å². The zero-order valence-corrected chi connectivity index (χ0v) is 18.2. The molecule has 0 spiro atoms. The van der Waals surface area contributed by atoms with E-state index in [-0.39, 0.29) is 11.9 Å². The second-order valence-corrected chi connectivity index (χ2v) is 7.77. The van der Waals surface area contributed by atoms with Gasteiger partial charge in [0.05, 0.1) is 23.2 Å². The van der Waals surface area contributed by atoms with Crippen LogP contribution in [0.5, 0.6) is 5.75 Å². The predicted molar refractivity (Wildman–Crippen MR) is 119 cm³/mol. The predicted octanol–water partition coefficient (Wildman–Crippen LogP) is 3.76. The SMILES string of the molecule is CCOc1ccc(CN2CCN(C(C)C(=O)Nc3ccc(C#N)c(Cl)c3)CC2)cc1. The summed E-state index contributed by atoms with van der Waals surface area (Å²) in [6, 6.07) is 14.9. The smallest absolute Gasteiger partial charge is 0.241 e. The van der Waals surface area contributed by atoms with Gasteiger partial charge in [0.15, 0.2) is 0 Å². The summed E-state index contributed by atoms with van der Waals surface area (Å²) < 4.78 is 5.49. The normalized spacial score (nSPS) is 15.9. The van der Waals surface area contributed by atoms with E-state index < -0.39 is 0 Å². The number of hydrogen-bond donors (Lipinski definition) is 1. The van der Waals surface area contributed by atoms with Crippen LogP contribution < -0.4 is 10.1 Å². The van der Waals surface area contributed by atoms with Crippen LogP contribution in [0.15, 0.2) is 42.5 Å². The lowest BCUT2D eigenvalue weighted by molar-refractivity contribution is -0.121. The van der Waals surface area contributed by atoms with Crippen molar-refractivity contribution in [3.63, 3.8) is 0 Å². The lowest BCUT2D eigenvalue weighted by atomic mass is 10.1. The molecule has 0 aromatic heterocycles. The number of nitrogens with one attached hydrogen (secondary N) is 1. The Bertz CT molecular complexity index is 902. The number of rotatable bonds is 7. The van der Waals surface area contributed by atoms with Crippen LogP contribution >= 0.6 is 11.6 Å². The highest BCUT2D eigenvalue weighted by Gasteiger charge is 2.25. The Morgan fingerprint density at radius 1 is 1.20 bits per heavy atom. The van der Waals surface area contributed by atoms with Crippen LogP contribution in [0, 0.1) is 11.3 Å². The maximum atomic E-state index is 12.6. The van der Waals surface area contributed by atoms with E-state index in [2.05, 4.69) is 27.2 Å². The molecule has 1 saturated heterocycles. The van der Waals surface area contributed by atoms with E-state index in [0.29, 0.717) is 22.9 Å². The van der Waals surface area contributed by atoms with Crippen LogP contribution in [0.2, 0.25) is 5.02 Å². The van der Waals surface area contributed by atoms with Crippen molar-refractivity contribution in [2.75, 3.05) is 38.1 Å². The maximum Gasteiger partial charge on any atom is 0.241 e. The summed E-state index contributed by atoms with van der Waals surface area (Å²) in [4.78, 5) is 17.2. The maximum absolute atomic E-state index is 12.6. The first kappa shape index (κ1) is 22.1. The molecule has 1 aliphatic heterocycles. The van der Waals surface area contributed by atoms with Crippen molar-refractivity contribution in [3.05, 3.63) is 58.6 Å². The number of piperazine rings is 1. The minimum atomic E-state index is -0.243. The zero-order chi connectivity index (χ0) is 21.5. The van der Waals surface area contributed by atoms with Gasteiger partial charge in [-0.15, -0.1) is 0 Å². The molecule has 158 valence electrons. The molecule has 0 saturated carbocycles. The molecular weight excluding hydrogens is 400 g/mol. The molecule has 1 heterocycles. The second kappa shape index (κ2) is 10.4. The van der Waals surface area contributed by atoms with Crippen LogP contribution in [-0.2, 0) is 11.3 Å². The van der Waals surface area contributed by atoms with Gasteiger partial charge in [0.2, 0.25) is 5.91 Å². The highest BCUT2D eigenvalue weighted by atomic mass is 35.5. The molecule has 30 heavy (non-hydrogen) atoms. The molecule has 0 bridgehead atoms. The molecule has 1 unspecified atom stereocenters. The van der Waals surface area contributed by atoms with Gasteiger partial charge in [-0.3, -0.25) is 14.6 Å². The monoisotopic (exact) mass is 426 g/mol. The standard InChI is InChI=1S/C23H27ClN4O2/c1-3-30-21-8-4-18(5-9-21)16-27-10-12-28(13-11-27)17(2)23(29)26-20-7-6-19(15-25)22(24)14-20/h4-9,14,17H,3,10-13,16H2,1-2H3,(H,26,29). The Morgan fingerprint density at radius 2 is 1.90 bits per heavy atom. The molecule has 6 nitrogen and oxygen atoms in total. The molecule has 7 heteroatoms. The Morgan fingerprint density at radius 3 is 2.50 bits per heavy atom. The van der Waals surface area contributed by atoms with Gasteiger partial charge in [-0.05, 0) is 49.7 Å². The highest BCUT2D eigenvalue weighted by Crippen LogP contribution is 2.21. The summed E-state index contributed by atoms with van der Waals surface area (Å²) >= 11 is 6.05. The molecule has 0 radical (unpaired) electrons. The number of ether oxygens (including phenoxy) is 1. The van der Waals surface area contributed by atoms with Gasteiger partial charge in [-0.25, -0.2) is 0 Å². The van der Waals surface area contributed by atoms with E-state index in [0.717, 1.165) is 38.5 Å². The number of nitriles is 1. The fourth-order valence-corrected chi connectivity index (χ4v) is 3.74. The van der Waals surface area contributed by atoms with E-state index in [1.807, 2.05) is 32.0 Å². The van der Waals surface area contributed by atoms with E-state index in [1.54, 1.807) is 18.2 Å². The third-order valence-electron chi connectivity index (χ3n) is 5.33. The van der Waals surface area contributed by atoms with Crippen molar-refractivity contribution < 1.29 is 9.53 Å². The van der Waals surface area contributed by atoms with Gasteiger partial charge in [-0.1, -0.05) is 23.7 Å². The first-order chi connectivity index (χ1) is 14.5. The minimum absolute atomic E-state index is 0.0734. The van der Waals surface area contributed by atoms with Crippen LogP contribution in [0.25, 0.3) is 0 Å². The van der Waals surface area contributed by atoms with E-state index >= 15 is 0 Å². The first-order valence-corrected chi connectivity index (χ1v) is 10.6. The molecule has 3 rings (SSSR count). The van der Waals surface area contributed by atoms with Crippen molar-refractivity contribution in [2.45, 2.75) is 26.4 Å². The van der Waals surface area contributed by atoms with Crippen molar-refractivity contribution in [1.29, 1.82) is 5.26 Å². The van der Waals surface area contributed by atoms with Crippen molar-refractivity contribution in [3.8, 4) is 11.8 Å². The number of amides is 1. The van der Waals surface area contributed by atoms with E-state index in [4.69, 9.17) is 21.6 Å². The molecule has 1 atom stereocenters. The third-order valence-corrected chi connectivity index (χ3v) is 5.64. The van der Waals surface area contributed by atoms with Gasteiger partial charge in [0.25, 0.3) is 0 Å². The lowest BCUT2D eigenvalue weighted by Gasteiger charge is -2.37. The number of benzene rings is 2. The first-order valence-electron chi connectivity index (χ1n) is 10.2. The minimum Gasteiger partial charge on any atom is -0.494 e. The summed E-state index contributed by atoms with van der Waals surface area (Å²) in [5.41, 5.74) is 2.26. The Balaban J connectivity index is 1.48.